The highest BCUT2D eigenvalue weighted by atomic mass is 16.4. The monoisotopic (exact) mass is 300 g/mol. The maximum Gasteiger partial charge on any atom is 0.326 e. The van der Waals surface area contributed by atoms with Crippen molar-refractivity contribution in [3.8, 4) is 0 Å². The summed E-state index contributed by atoms with van der Waals surface area (Å²) in [5.41, 5.74) is 0. The number of aliphatic carboxylic acids is 2. The van der Waals surface area contributed by atoms with Crippen molar-refractivity contribution in [3.63, 3.8) is 0 Å². The zero-order valence-corrected chi connectivity index (χ0v) is 12.5. The van der Waals surface area contributed by atoms with Crippen LogP contribution in [0.2, 0.25) is 0 Å². The van der Waals surface area contributed by atoms with Crippen molar-refractivity contribution in [2.45, 2.75) is 58.0 Å². The van der Waals surface area contributed by atoms with Crippen LogP contribution in [0, 0.1) is 5.92 Å². The minimum absolute atomic E-state index is 0.0761. The topological polar surface area (TPSA) is 107 Å². The van der Waals surface area contributed by atoms with Gasteiger partial charge in [-0.25, -0.2) is 9.59 Å². The van der Waals surface area contributed by atoms with Gasteiger partial charge >= 0.3 is 18.0 Å². The molecular weight excluding hydrogens is 276 g/mol. The van der Waals surface area contributed by atoms with Crippen LogP contribution in [0.3, 0.4) is 0 Å². The van der Waals surface area contributed by atoms with Crippen LogP contribution in [0.15, 0.2) is 0 Å². The Kier molecular flexibility index (Phi) is 6.45. The number of nitrogens with one attached hydrogen (secondary N) is 1. The average molecular weight is 300 g/mol. The van der Waals surface area contributed by atoms with E-state index in [0.717, 1.165) is 12.8 Å². The van der Waals surface area contributed by atoms with Gasteiger partial charge in [-0.3, -0.25) is 4.79 Å². The van der Waals surface area contributed by atoms with Crippen molar-refractivity contribution in [3.05, 3.63) is 0 Å². The molecule has 1 heterocycles. The Morgan fingerprint density at radius 3 is 2.52 bits per heavy atom. The highest BCUT2D eigenvalue weighted by molar-refractivity contribution is 5.82. The van der Waals surface area contributed by atoms with Crippen LogP contribution in [0.25, 0.3) is 0 Å². The van der Waals surface area contributed by atoms with Gasteiger partial charge in [-0.1, -0.05) is 6.92 Å². The van der Waals surface area contributed by atoms with E-state index in [1.54, 1.807) is 4.90 Å². The largest absolute Gasteiger partial charge is 0.481 e. The second-order valence-corrected chi connectivity index (χ2v) is 5.68. The van der Waals surface area contributed by atoms with Crippen LogP contribution >= 0.6 is 0 Å². The van der Waals surface area contributed by atoms with E-state index in [1.807, 2.05) is 6.92 Å². The fourth-order valence-electron chi connectivity index (χ4n) is 2.57. The number of urea groups is 1. The molecule has 120 valence electrons. The molecule has 0 saturated carbocycles. The number of likely N-dealkylation sites (tertiary alicyclic amines) is 1. The highest BCUT2D eigenvalue weighted by Crippen LogP contribution is 2.22. The lowest BCUT2D eigenvalue weighted by molar-refractivity contribution is -0.140. The molecule has 1 fully saturated rings. The molecule has 21 heavy (non-hydrogen) atoms. The van der Waals surface area contributed by atoms with Gasteiger partial charge in [-0.05, 0) is 38.5 Å². The van der Waals surface area contributed by atoms with Gasteiger partial charge in [-0.2, -0.15) is 0 Å². The van der Waals surface area contributed by atoms with Crippen LogP contribution in [-0.2, 0) is 9.59 Å². The van der Waals surface area contributed by atoms with Gasteiger partial charge in [0.2, 0.25) is 0 Å². The maximum absolute atomic E-state index is 12.2. The molecule has 0 aliphatic carbocycles. The molecule has 1 rings (SSSR count). The smallest absolute Gasteiger partial charge is 0.326 e. The van der Waals surface area contributed by atoms with Crippen molar-refractivity contribution in [1.82, 2.24) is 10.2 Å². The summed E-state index contributed by atoms with van der Waals surface area (Å²) in [5, 5.41) is 20.2. The van der Waals surface area contributed by atoms with E-state index in [1.165, 1.54) is 0 Å². The third-order valence-electron chi connectivity index (χ3n) is 4.11. The SMILES string of the molecule is CC1CCCN(C(=O)N[C@H](CCCC(=O)O)C(=O)O)C1C. The average Bonchev–Trinajstić information content (AvgIpc) is 2.40. The first-order valence-corrected chi connectivity index (χ1v) is 7.34. The normalized spacial score (nSPS) is 23.4. The summed E-state index contributed by atoms with van der Waals surface area (Å²) in [6.45, 7) is 4.66. The van der Waals surface area contributed by atoms with Gasteiger partial charge in [0.15, 0.2) is 0 Å². The third-order valence-corrected chi connectivity index (χ3v) is 4.11. The molecule has 0 bridgehead atoms. The molecule has 1 aliphatic heterocycles. The van der Waals surface area contributed by atoms with Gasteiger partial charge in [0, 0.05) is 19.0 Å². The number of carboxylic acid groups (broad SMARTS) is 2. The van der Waals surface area contributed by atoms with Crippen molar-refractivity contribution >= 4 is 18.0 Å². The van der Waals surface area contributed by atoms with E-state index in [2.05, 4.69) is 12.2 Å². The summed E-state index contributed by atoms with van der Waals surface area (Å²) in [6, 6.07) is -1.34. The quantitative estimate of drug-likeness (QED) is 0.689. The van der Waals surface area contributed by atoms with E-state index in [9.17, 15) is 14.4 Å². The number of carboxylic acids is 2. The van der Waals surface area contributed by atoms with Gasteiger partial charge in [0.25, 0.3) is 0 Å². The highest BCUT2D eigenvalue weighted by Gasteiger charge is 2.30. The van der Waals surface area contributed by atoms with Gasteiger partial charge in [0.05, 0.1) is 0 Å². The number of carbonyl (C=O) groups excluding carboxylic acids is 1. The lowest BCUT2D eigenvalue weighted by atomic mass is 9.92. The molecule has 2 amide bonds. The molecule has 0 aromatic rings. The van der Waals surface area contributed by atoms with E-state index >= 15 is 0 Å². The predicted octanol–water partition coefficient (Wildman–Crippen LogP) is 1.52. The van der Waals surface area contributed by atoms with Crippen LogP contribution in [0.4, 0.5) is 4.79 Å². The fourth-order valence-corrected chi connectivity index (χ4v) is 2.57. The molecule has 0 aromatic carbocycles. The van der Waals surface area contributed by atoms with Crippen LogP contribution in [-0.4, -0.2) is 51.7 Å². The number of carbonyl (C=O) groups is 3. The zero-order chi connectivity index (χ0) is 16.0. The zero-order valence-electron chi connectivity index (χ0n) is 12.5. The molecule has 3 atom stereocenters. The molecule has 0 radical (unpaired) electrons. The van der Waals surface area contributed by atoms with Gasteiger partial charge in [0.1, 0.15) is 6.04 Å². The van der Waals surface area contributed by atoms with Crippen molar-refractivity contribution in [1.29, 1.82) is 0 Å². The molecule has 3 N–H and O–H groups in total. The summed E-state index contributed by atoms with van der Waals surface area (Å²) in [6.07, 6.45) is 2.21. The summed E-state index contributed by atoms with van der Waals surface area (Å²) in [4.78, 5) is 35.5. The maximum atomic E-state index is 12.2. The minimum Gasteiger partial charge on any atom is -0.481 e. The molecule has 0 aromatic heterocycles. The second-order valence-electron chi connectivity index (χ2n) is 5.68. The Morgan fingerprint density at radius 1 is 1.29 bits per heavy atom. The van der Waals surface area contributed by atoms with Crippen LogP contribution in [0.1, 0.15) is 46.0 Å². The molecule has 7 heteroatoms. The van der Waals surface area contributed by atoms with Crippen LogP contribution in [0.5, 0.6) is 0 Å². The summed E-state index contributed by atoms with van der Waals surface area (Å²) >= 11 is 0. The number of piperidine rings is 1. The number of amides is 2. The number of nitrogens with zero attached hydrogens (tertiary/aromatic N) is 1. The van der Waals surface area contributed by atoms with Gasteiger partial charge in [-0.15, -0.1) is 0 Å². The number of hydrogen-bond acceptors (Lipinski definition) is 3. The molecule has 2 unspecified atom stereocenters. The van der Waals surface area contributed by atoms with Crippen LogP contribution < -0.4 is 5.32 Å². The second kappa shape index (κ2) is 7.85. The summed E-state index contributed by atoms with van der Waals surface area (Å²) in [5.74, 6) is -1.71. The van der Waals surface area contributed by atoms with Gasteiger partial charge < -0.3 is 20.4 Å². The summed E-state index contributed by atoms with van der Waals surface area (Å²) in [7, 11) is 0. The first-order chi connectivity index (χ1) is 9.82. The van der Waals surface area contributed by atoms with Crippen molar-refractivity contribution in [2.75, 3.05) is 6.54 Å². The third kappa shape index (κ3) is 5.24. The molecular formula is C14H24N2O5. The first kappa shape index (κ1) is 17.3. The molecule has 7 nitrogen and oxygen atoms in total. The predicted molar refractivity (Wildman–Crippen MR) is 76.0 cm³/mol. The minimum atomic E-state index is -1.13. The Hall–Kier alpha value is -1.79. The lowest BCUT2D eigenvalue weighted by Crippen LogP contribution is -2.54. The lowest BCUT2D eigenvalue weighted by Gasteiger charge is -2.38. The Balaban J connectivity index is 2.55. The van der Waals surface area contributed by atoms with E-state index in [4.69, 9.17) is 10.2 Å². The standard InChI is InChI=1S/C14H24N2O5/c1-9-5-4-8-16(10(9)2)14(21)15-11(13(19)20)6-3-7-12(17)18/h9-11H,3-8H2,1-2H3,(H,15,21)(H,17,18)(H,19,20)/t9?,10?,11-/m1/s1. The van der Waals surface area contributed by atoms with E-state index < -0.39 is 18.0 Å². The molecule has 1 saturated heterocycles. The first-order valence-electron chi connectivity index (χ1n) is 7.34. The van der Waals surface area contributed by atoms with E-state index in [0.29, 0.717) is 12.5 Å². The summed E-state index contributed by atoms with van der Waals surface area (Å²) < 4.78 is 0. The number of rotatable bonds is 6. The molecule has 0 spiro atoms. The van der Waals surface area contributed by atoms with Crippen molar-refractivity contribution < 1.29 is 24.6 Å². The Bertz CT molecular complexity index is 399. The number of hydrogen-bond donors (Lipinski definition) is 3. The Morgan fingerprint density at radius 2 is 1.95 bits per heavy atom. The molecule has 1 aliphatic rings. The Labute approximate surface area is 124 Å². The van der Waals surface area contributed by atoms with Crippen molar-refractivity contribution in [2.24, 2.45) is 5.92 Å². The van der Waals surface area contributed by atoms with E-state index in [-0.39, 0.29) is 31.3 Å². The fraction of sp³-hybridized carbons (Fsp3) is 0.786.